The highest BCUT2D eigenvalue weighted by molar-refractivity contribution is 5.98. The number of hydrogen-bond donors (Lipinski definition) is 0. The van der Waals surface area contributed by atoms with Crippen molar-refractivity contribution in [2.75, 3.05) is 25.6 Å². The van der Waals surface area contributed by atoms with Crippen LogP contribution in [-0.4, -0.2) is 31.5 Å². The van der Waals surface area contributed by atoms with E-state index in [1.165, 1.54) is 11.1 Å². The van der Waals surface area contributed by atoms with Crippen molar-refractivity contribution in [3.63, 3.8) is 0 Å². The monoisotopic (exact) mass is 322 g/mol. The Labute approximate surface area is 142 Å². The third kappa shape index (κ3) is 2.38. The topological polar surface area (TPSA) is 32.8 Å². The molecule has 2 atom stereocenters. The van der Waals surface area contributed by atoms with Gasteiger partial charge in [0.05, 0.1) is 13.0 Å². The van der Waals surface area contributed by atoms with Crippen LogP contribution >= 0.6 is 0 Å². The van der Waals surface area contributed by atoms with E-state index in [0.717, 1.165) is 30.9 Å². The van der Waals surface area contributed by atoms with E-state index >= 15 is 0 Å². The predicted molar refractivity (Wildman–Crippen MR) is 94.1 cm³/mol. The molecule has 0 saturated carbocycles. The summed E-state index contributed by atoms with van der Waals surface area (Å²) in [5.41, 5.74) is 3.57. The highest BCUT2D eigenvalue weighted by atomic mass is 16.5. The van der Waals surface area contributed by atoms with Gasteiger partial charge in [0.1, 0.15) is 5.75 Å². The van der Waals surface area contributed by atoms with Gasteiger partial charge in [-0.15, -0.1) is 0 Å². The van der Waals surface area contributed by atoms with Gasteiger partial charge in [0.15, 0.2) is 0 Å². The number of carbonyl (C=O) groups excluding carboxylic acids is 1. The second kappa shape index (κ2) is 5.95. The number of ether oxygens (including phenoxy) is 1. The van der Waals surface area contributed by atoms with Crippen LogP contribution in [0.25, 0.3) is 0 Å². The minimum Gasteiger partial charge on any atom is -0.497 e. The summed E-state index contributed by atoms with van der Waals surface area (Å²) in [6.07, 6.45) is 0.929. The van der Waals surface area contributed by atoms with E-state index < -0.39 is 0 Å². The molecule has 4 nitrogen and oxygen atoms in total. The van der Waals surface area contributed by atoms with Gasteiger partial charge in [0.2, 0.25) is 5.91 Å². The van der Waals surface area contributed by atoms with Crippen molar-refractivity contribution in [3.05, 3.63) is 59.7 Å². The van der Waals surface area contributed by atoms with Gasteiger partial charge in [-0.05, 0) is 42.3 Å². The molecule has 4 rings (SSSR count). The smallest absolute Gasteiger partial charge is 0.231 e. The molecule has 0 N–H and O–H groups in total. The third-order valence-electron chi connectivity index (χ3n) is 5.31. The van der Waals surface area contributed by atoms with Crippen LogP contribution in [0.3, 0.4) is 0 Å². The molecular formula is C20H22N2O2. The van der Waals surface area contributed by atoms with Crippen molar-refractivity contribution in [2.45, 2.75) is 19.0 Å². The van der Waals surface area contributed by atoms with Crippen molar-refractivity contribution in [1.29, 1.82) is 0 Å². The molecule has 2 aliphatic rings. The molecule has 0 bridgehead atoms. The number of nitrogens with zero attached hydrogens (tertiary/aromatic N) is 2. The standard InChI is InChI=1S/C20H22N2O2/c1-21-18-6-4-3-5-16(18)19-17(20(21)23)11-12-22(19)13-14-7-9-15(24-2)10-8-14/h3-10,17,19H,11-13H2,1-2H3/t17-,19-/m1/s1. The first-order chi connectivity index (χ1) is 11.7. The first-order valence-electron chi connectivity index (χ1n) is 8.42. The Bertz CT molecular complexity index is 756. The molecule has 2 aromatic carbocycles. The Balaban J connectivity index is 1.64. The largest absolute Gasteiger partial charge is 0.497 e. The Morgan fingerprint density at radius 3 is 2.62 bits per heavy atom. The maximum Gasteiger partial charge on any atom is 0.231 e. The second-order valence-electron chi connectivity index (χ2n) is 6.61. The Hall–Kier alpha value is -2.33. The lowest BCUT2D eigenvalue weighted by atomic mass is 9.87. The van der Waals surface area contributed by atoms with E-state index in [9.17, 15) is 4.79 Å². The lowest BCUT2D eigenvalue weighted by Crippen LogP contribution is -2.41. The number of likely N-dealkylation sites (tertiary alicyclic amines) is 1. The molecule has 124 valence electrons. The molecule has 2 heterocycles. The average molecular weight is 322 g/mol. The van der Waals surface area contributed by atoms with Crippen molar-refractivity contribution >= 4 is 11.6 Å². The van der Waals surface area contributed by atoms with Crippen molar-refractivity contribution in [2.24, 2.45) is 5.92 Å². The third-order valence-corrected chi connectivity index (χ3v) is 5.31. The van der Waals surface area contributed by atoms with E-state index in [0.29, 0.717) is 0 Å². The summed E-state index contributed by atoms with van der Waals surface area (Å²) in [6.45, 7) is 1.81. The van der Waals surface area contributed by atoms with Crippen LogP contribution in [0, 0.1) is 5.92 Å². The van der Waals surface area contributed by atoms with Gasteiger partial charge >= 0.3 is 0 Å². The number of rotatable bonds is 3. The zero-order chi connectivity index (χ0) is 16.7. The van der Waals surface area contributed by atoms with Gasteiger partial charge in [0.25, 0.3) is 0 Å². The maximum absolute atomic E-state index is 12.7. The van der Waals surface area contributed by atoms with Crippen LogP contribution < -0.4 is 9.64 Å². The number of para-hydroxylation sites is 1. The molecule has 1 saturated heterocycles. The fourth-order valence-electron chi connectivity index (χ4n) is 4.08. The summed E-state index contributed by atoms with van der Waals surface area (Å²) in [6, 6.07) is 16.7. The Morgan fingerprint density at radius 1 is 1.12 bits per heavy atom. The quantitative estimate of drug-likeness (QED) is 0.870. The lowest BCUT2D eigenvalue weighted by molar-refractivity contribution is -0.123. The van der Waals surface area contributed by atoms with Crippen molar-refractivity contribution in [1.82, 2.24) is 4.90 Å². The molecule has 1 amide bonds. The number of carbonyl (C=O) groups is 1. The number of fused-ring (bicyclic) bond motifs is 3. The molecule has 0 aliphatic carbocycles. The van der Waals surface area contributed by atoms with Gasteiger partial charge < -0.3 is 9.64 Å². The molecule has 24 heavy (non-hydrogen) atoms. The van der Waals surface area contributed by atoms with Crippen molar-refractivity contribution in [3.8, 4) is 5.75 Å². The highest BCUT2D eigenvalue weighted by Gasteiger charge is 2.45. The molecule has 1 fully saturated rings. The SMILES string of the molecule is COc1ccc(CN2CC[C@H]3C(=O)N(C)c4ccccc4[C@H]32)cc1. The zero-order valence-corrected chi connectivity index (χ0v) is 14.1. The van der Waals surface area contributed by atoms with E-state index in [4.69, 9.17) is 4.74 Å². The normalized spacial score (nSPS) is 23.1. The van der Waals surface area contributed by atoms with Crippen LogP contribution in [0.15, 0.2) is 48.5 Å². The molecule has 0 spiro atoms. The van der Waals surface area contributed by atoms with Crippen molar-refractivity contribution < 1.29 is 9.53 Å². The molecule has 0 radical (unpaired) electrons. The predicted octanol–water partition coefficient (Wildman–Crippen LogP) is 3.23. The molecule has 2 aromatic rings. The van der Waals surface area contributed by atoms with E-state index in [1.807, 2.05) is 36.2 Å². The van der Waals surface area contributed by atoms with Gasteiger partial charge in [0, 0.05) is 25.3 Å². The van der Waals surface area contributed by atoms with Gasteiger partial charge in [-0.3, -0.25) is 9.69 Å². The van der Waals surface area contributed by atoms with Gasteiger partial charge in [-0.2, -0.15) is 0 Å². The van der Waals surface area contributed by atoms with Crippen LogP contribution in [0.2, 0.25) is 0 Å². The summed E-state index contributed by atoms with van der Waals surface area (Å²) in [5.74, 6) is 1.19. The molecule has 2 aliphatic heterocycles. The van der Waals surface area contributed by atoms with Crippen LogP contribution in [0.5, 0.6) is 5.75 Å². The number of benzene rings is 2. The highest BCUT2D eigenvalue weighted by Crippen LogP contribution is 2.46. The lowest BCUT2D eigenvalue weighted by Gasteiger charge is -2.37. The second-order valence-corrected chi connectivity index (χ2v) is 6.61. The van der Waals surface area contributed by atoms with Crippen LogP contribution in [0.1, 0.15) is 23.6 Å². The first-order valence-corrected chi connectivity index (χ1v) is 8.42. The van der Waals surface area contributed by atoms with E-state index in [1.54, 1.807) is 7.11 Å². The summed E-state index contributed by atoms with van der Waals surface area (Å²) < 4.78 is 5.23. The minimum atomic E-state index is 0.0724. The molecule has 4 heteroatoms. The number of hydrogen-bond acceptors (Lipinski definition) is 3. The molecule has 0 aromatic heterocycles. The Kier molecular flexibility index (Phi) is 3.77. The van der Waals surface area contributed by atoms with Gasteiger partial charge in [-0.25, -0.2) is 0 Å². The summed E-state index contributed by atoms with van der Waals surface area (Å²) >= 11 is 0. The number of methoxy groups -OCH3 is 1. The minimum absolute atomic E-state index is 0.0724. The number of anilines is 1. The first kappa shape index (κ1) is 15.2. The Morgan fingerprint density at radius 2 is 1.88 bits per heavy atom. The van der Waals surface area contributed by atoms with E-state index in [2.05, 4.69) is 29.2 Å². The summed E-state index contributed by atoms with van der Waals surface area (Å²) in [7, 11) is 3.57. The molecule has 0 unspecified atom stereocenters. The fourth-order valence-corrected chi connectivity index (χ4v) is 4.08. The van der Waals surface area contributed by atoms with Crippen LogP contribution in [-0.2, 0) is 11.3 Å². The fraction of sp³-hybridized carbons (Fsp3) is 0.350. The zero-order valence-electron chi connectivity index (χ0n) is 14.1. The molecular weight excluding hydrogens is 300 g/mol. The van der Waals surface area contributed by atoms with Crippen LogP contribution in [0.4, 0.5) is 5.69 Å². The summed E-state index contributed by atoms with van der Waals surface area (Å²) in [4.78, 5) is 17.0. The summed E-state index contributed by atoms with van der Waals surface area (Å²) in [5, 5.41) is 0. The van der Waals surface area contributed by atoms with Gasteiger partial charge in [-0.1, -0.05) is 30.3 Å². The number of amides is 1. The average Bonchev–Trinajstić information content (AvgIpc) is 3.04. The van der Waals surface area contributed by atoms with E-state index in [-0.39, 0.29) is 17.9 Å². The maximum atomic E-state index is 12.7.